The predicted molar refractivity (Wildman–Crippen MR) is 273 cm³/mol. The summed E-state index contributed by atoms with van der Waals surface area (Å²) in [6.07, 6.45) is 16.4. The Bertz CT molecular complexity index is 4020. The summed E-state index contributed by atoms with van der Waals surface area (Å²) in [5.41, 5.74) is 16.6. The Balaban J connectivity index is 0.791. The molecule has 0 amide bonds. The summed E-state index contributed by atoms with van der Waals surface area (Å²) < 4.78 is 0. The summed E-state index contributed by atoms with van der Waals surface area (Å²) in [5.74, 6) is 0. The van der Waals surface area contributed by atoms with E-state index in [0.717, 1.165) is 144 Å². The lowest BCUT2D eigenvalue weighted by Gasteiger charge is -2.11. The molecule has 0 saturated carbocycles. The first-order valence-electron chi connectivity index (χ1n) is 22.7. The van der Waals surface area contributed by atoms with Crippen molar-refractivity contribution in [2.45, 2.75) is 12.8 Å². The van der Waals surface area contributed by atoms with Crippen LogP contribution in [0.2, 0.25) is 0 Å². The van der Waals surface area contributed by atoms with Gasteiger partial charge in [0.25, 0.3) is 0 Å². The third-order valence-corrected chi connectivity index (χ3v) is 13.4. The molecule has 0 spiro atoms. The van der Waals surface area contributed by atoms with Crippen LogP contribution in [0, 0.1) is 0 Å². The number of para-hydroxylation sites is 4. The Kier molecular flexibility index (Phi) is 8.47. The van der Waals surface area contributed by atoms with Crippen molar-refractivity contribution in [3.63, 3.8) is 0 Å². The molecule has 10 heteroatoms. The van der Waals surface area contributed by atoms with E-state index in [1.165, 1.54) is 0 Å². The maximum Gasteiger partial charge on any atom is 0.0802 e. The number of hydrogen-bond donors (Lipinski definition) is 4. The molecule has 10 nitrogen and oxygen atoms in total. The standard InChI is InChI=1S/C58H38N10/c1-5-33-25-39(65-51(33)47(9-1)55-43-15-19-59-31-37(43)13-21-61-55)29-41-27-35-7-3-11-49(53(35)67-41)57-45-17-24-64-58(46(45)18-23-63-57)50-12-4-8-36-28-42(68-54(36)50)30-40-26-34-6-2-10-48(52(34)66-40)56-44-16-20-60-32-38(44)14-22-62-56/h1-28,31-32,65-68H,29-30H2. The molecule has 14 aromatic rings. The number of H-pyrrole nitrogens is 4. The molecule has 0 bridgehead atoms. The number of aromatic nitrogens is 10. The minimum Gasteiger partial charge on any atom is -0.358 e. The molecule has 68 heavy (non-hydrogen) atoms. The molecule has 320 valence electrons. The SMILES string of the molecule is c1cc(-c2nccc3cnccc23)c2[nH]c(Cc3cc4cccc(-c5nccc6c(-c7cccc8cc(Cc9cc%10cccc(-c%11nccc%12cnccc%11%12)c%10[nH]9)[nH]c78)nccc56)c4[nH]3)cc2c1. The van der Waals surface area contributed by atoms with Gasteiger partial charge in [-0.1, -0.05) is 72.8 Å². The number of benzene rings is 4. The van der Waals surface area contributed by atoms with Crippen LogP contribution in [0.5, 0.6) is 0 Å². The van der Waals surface area contributed by atoms with Crippen molar-refractivity contribution >= 4 is 75.9 Å². The smallest absolute Gasteiger partial charge is 0.0802 e. The molecule has 14 rings (SSSR count). The van der Waals surface area contributed by atoms with Gasteiger partial charge in [-0.2, -0.15) is 0 Å². The van der Waals surface area contributed by atoms with Crippen molar-refractivity contribution in [2.24, 2.45) is 0 Å². The van der Waals surface area contributed by atoms with E-state index in [4.69, 9.17) is 19.9 Å². The van der Waals surface area contributed by atoms with Crippen molar-refractivity contribution in [1.82, 2.24) is 49.8 Å². The average Bonchev–Trinajstić information content (AvgIpc) is 4.20. The van der Waals surface area contributed by atoms with Crippen LogP contribution in [0.25, 0.3) is 121 Å². The summed E-state index contributed by atoms with van der Waals surface area (Å²) >= 11 is 0. The van der Waals surface area contributed by atoms with Crippen LogP contribution in [0.15, 0.2) is 183 Å². The topological polar surface area (TPSA) is 140 Å². The van der Waals surface area contributed by atoms with Gasteiger partial charge in [-0.05, 0) is 60.7 Å². The molecule has 0 fully saturated rings. The fourth-order valence-corrected chi connectivity index (χ4v) is 10.4. The van der Waals surface area contributed by atoms with E-state index in [0.29, 0.717) is 12.8 Å². The molecular weight excluding hydrogens is 837 g/mol. The third kappa shape index (κ3) is 6.19. The van der Waals surface area contributed by atoms with Gasteiger partial charge < -0.3 is 19.9 Å². The average molecular weight is 875 g/mol. The Morgan fingerprint density at radius 1 is 0.294 bits per heavy atom. The van der Waals surface area contributed by atoms with Gasteiger partial charge in [-0.3, -0.25) is 29.9 Å². The first-order chi connectivity index (χ1) is 33.7. The molecule has 0 saturated heterocycles. The van der Waals surface area contributed by atoms with E-state index in [-0.39, 0.29) is 0 Å². The van der Waals surface area contributed by atoms with E-state index in [1.54, 1.807) is 0 Å². The number of hydrogen-bond acceptors (Lipinski definition) is 6. The van der Waals surface area contributed by atoms with Gasteiger partial charge in [0.15, 0.2) is 0 Å². The third-order valence-electron chi connectivity index (χ3n) is 13.4. The number of nitrogens with one attached hydrogen (secondary N) is 4. The predicted octanol–water partition coefficient (Wildman–Crippen LogP) is 13.3. The molecule has 0 radical (unpaired) electrons. The van der Waals surface area contributed by atoms with Crippen LogP contribution in [0.1, 0.15) is 22.8 Å². The Morgan fingerprint density at radius 2 is 0.603 bits per heavy atom. The van der Waals surface area contributed by atoms with Crippen LogP contribution < -0.4 is 0 Å². The largest absolute Gasteiger partial charge is 0.358 e. The highest BCUT2D eigenvalue weighted by Crippen LogP contribution is 2.39. The number of nitrogens with zero attached hydrogens (tertiary/aromatic N) is 6. The lowest BCUT2D eigenvalue weighted by molar-refractivity contribution is 1.07. The Labute approximate surface area is 387 Å². The maximum atomic E-state index is 5.03. The van der Waals surface area contributed by atoms with Crippen molar-refractivity contribution < 1.29 is 0 Å². The van der Waals surface area contributed by atoms with Gasteiger partial charge in [-0.25, -0.2) is 0 Å². The van der Waals surface area contributed by atoms with E-state index in [1.807, 2.05) is 73.8 Å². The van der Waals surface area contributed by atoms with Crippen LogP contribution in [0.3, 0.4) is 0 Å². The first kappa shape index (κ1) is 38.0. The quantitative estimate of drug-likeness (QED) is 0.120. The van der Waals surface area contributed by atoms with Gasteiger partial charge in [0.05, 0.1) is 44.8 Å². The number of fused-ring (bicyclic) bond motifs is 7. The number of pyridine rings is 6. The van der Waals surface area contributed by atoms with Crippen LogP contribution in [-0.4, -0.2) is 49.8 Å². The Hall–Kier alpha value is -9.28. The second-order valence-corrected chi connectivity index (χ2v) is 17.5. The summed E-state index contributed by atoms with van der Waals surface area (Å²) in [6, 6.07) is 46.9. The van der Waals surface area contributed by atoms with E-state index >= 15 is 0 Å². The molecular formula is C58H38N10. The fraction of sp³-hybridized carbons (Fsp3) is 0.0345. The zero-order valence-electron chi connectivity index (χ0n) is 36.4. The molecule has 10 aromatic heterocycles. The molecule has 0 aliphatic carbocycles. The zero-order chi connectivity index (χ0) is 44.7. The fourth-order valence-electron chi connectivity index (χ4n) is 10.4. The minimum absolute atomic E-state index is 0.705. The molecule has 0 atom stereocenters. The van der Waals surface area contributed by atoms with Crippen LogP contribution in [-0.2, 0) is 12.8 Å². The molecule has 0 aliphatic rings. The summed E-state index contributed by atoms with van der Waals surface area (Å²) in [6.45, 7) is 0. The summed E-state index contributed by atoms with van der Waals surface area (Å²) in [4.78, 5) is 43.5. The van der Waals surface area contributed by atoms with Crippen LogP contribution in [0.4, 0.5) is 0 Å². The molecule has 4 aromatic carbocycles. The van der Waals surface area contributed by atoms with Gasteiger partial charge in [0.1, 0.15) is 0 Å². The first-order valence-corrected chi connectivity index (χ1v) is 22.7. The van der Waals surface area contributed by atoms with E-state index in [9.17, 15) is 0 Å². The van der Waals surface area contributed by atoms with Gasteiger partial charge >= 0.3 is 0 Å². The molecule has 0 aliphatic heterocycles. The zero-order valence-corrected chi connectivity index (χ0v) is 36.4. The second kappa shape index (κ2) is 15.1. The van der Waals surface area contributed by atoms with Crippen molar-refractivity contribution in [3.8, 4) is 45.0 Å². The highest BCUT2D eigenvalue weighted by atomic mass is 14.8. The van der Waals surface area contributed by atoms with Crippen molar-refractivity contribution in [3.05, 3.63) is 206 Å². The highest BCUT2D eigenvalue weighted by Gasteiger charge is 2.19. The normalized spacial score (nSPS) is 11.9. The second-order valence-electron chi connectivity index (χ2n) is 17.5. The monoisotopic (exact) mass is 874 g/mol. The highest BCUT2D eigenvalue weighted by molar-refractivity contribution is 6.09. The van der Waals surface area contributed by atoms with Gasteiger partial charge in [0.2, 0.25) is 0 Å². The summed E-state index contributed by atoms with van der Waals surface area (Å²) in [7, 11) is 0. The van der Waals surface area contributed by atoms with Gasteiger partial charge in [-0.15, -0.1) is 0 Å². The lowest BCUT2D eigenvalue weighted by Crippen LogP contribution is -1.93. The Morgan fingerprint density at radius 3 is 0.956 bits per heavy atom. The lowest BCUT2D eigenvalue weighted by atomic mass is 9.99. The van der Waals surface area contributed by atoms with E-state index in [2.05, 4.69) is 139 Å². The van der Waals surface area contributed by atoms with Gasteiger partial charge in [0, 0.05) is 161 Å². The molecule has 0 unspecified atom stereocenters. The maximum absolute atomic E-state index is 5.03. The minimum atomic E-state index is 0.705. The number of rotatable bonds is 8. The van der Waals surface area contributed by atoms with Crippen LogP contribution >= 0.6 is 0 Å². The number of aromatic amines is 4. The summed E-state index contributed by atoms with van der Waals surface area (Å²) in [5, 5.41) is 10.9. The molecule has 4 N–H and O–H groups in total. The van der Waals surface area contributed by atoms with Crippen molar-refractivity contribution in [1.29, 1.82) is 0 Å². The molecule has 10 heterocycles. The van der Waals surface area contributed by atoms with E-state index < -0.39 is 0 Å². The van der Waals surface area contributed by atoms with Crippen molar-refractivity contribution in [2.75, 3.05) is 0 Å².